The summed E-state index contributed by atoms with van der Waals surface area (Å²) >= 11 is 3.51. The Kier molecular flexibility index (Phi) is 6.11. The number of halogens is 1. The van der Waals surface area contributed by atoms with Gasteiger partial charge in [0.05, 0.1) is 11.6 Å². The first-order valence-corrected chi connectivity index (χ1v) is 9.51. The Balaban J connectivity index is 1.89. The minimum Gasteiger partial charge on any atom is -0.488 e. The molecule has 0 aliphatic rings. The fourth-order valence-electron chi connectivity index (χ4n) is 2.68. The molecule has 0 aliphatic carbocycles. The van der Waals surface area contributed by atoms with E-state index in [0.29, 0.717) is 12.2 Å². The van der Waals surface area contributed by atoms with Gasteiger partial charge in [0.1, 0.15) is 12.4 Å². The van der Waals surface area contributed by atoms with Crippen molar-refractivity contribution in [3.05, 3.63) is 99.0 Å². The molecule has 0 radical (unpaired) electrons. The molecule has 27 heavy (non-hydrogen) atoms. The molecule has 0 spiro atoms. The molecular weight excluding hydrogens is 398 g/mol. The predicted octanol–water partition coefficient (Wildman–Crippen LogP) is 6.71. The summed E-state index contributed by atoms with van der Waals surface area (Å²) in [4.78, 5) is 0. The molecule has 2 nitrogen and oxygen atoms in total. The molecule has 3 heteroatoms. The summed E-state index contributed by atoms with van der Waals surface area (Å²) in [6.45, 7) is 4.58. The van der Waals surface area contributed by atoms with Gasteiger partial charge in [0.2, 0.25) is 0 Å². The van der Waals surface area contributed by atoms with Crippen LogP contribution in [0.5, 0.6) is 5.75 Å². The Morgan fingerprint density at radius 3 is 2.22 bits per heavy atom. The molecule has 3 aromatic carbocycles. The maximum Gasteiger partial charge on any atom is 0.127 e. The van der Waals surface area contributed by atoms with E-state index in [1.807, 2.05) is 55.5 Å². The number of hydrogen-bond donors (Lipinski definition) is 0. The topological polar surface area (TPSA) is 33.0 Å². The van der Waals surface area contributed by atoms with E-state index in [-0.39, 0.29) is 0 Å². The van der Waals surface area contributed by atoms with Crippen LogP contribution in [0.4, 0.5) is 0 Å². The molecule has 0 unspecified atom stereocenters. The Morgan fingerprint density at radius 1 is 0.963 bits per heavy atom. The van der Waals surface area contributed by atoms with Crippen LogP contribution in [0.3, 0.4) is 0 Å². The van der Waals surface area contributed by atoms with Crippen LogP contribution in [-0.2, 0) is 6.61 Å². The Labute approximate surface area is 168 Å². The number of rotatable bonds is 5. The standard InChI is InChI=1S/C24H20BrNO/c1-17-3-7-19(8-4-17)16-27-24-12-11-23(25)14-21(24)13-22(15-26)20-9-5-18(2)6-10-20/h3-14H,16H2,1-2H3/b22-13+. The quantitative estimate of drug-likeness (QED) is 0.341. The van der Waals surface area contributed by atoms with Crippen LogP contribution in [-0.4, -0.2) is 0 Å². The molecule has 0 saturated heterocycles. The first kappa shape index (κ1) is 18.9. The monoisotopic (exact) mass is 417 g/mol. The fourth-order valence-corrected chi connectivity index (χ4v) is 3.06. The third kappa shape index (κ3) is 5.09. The molecule has 3 aromatic rings. The second kappa shape index (κ2) is 8.70. The van der Waals surface area contributed by atoms with Gasteiger partial charge in [0.25, 0.3) is 0 Å². The number of nitriles is 1. The van der Waals surface area contributed by atoms with Gasteiger partial charge in [-0.25, -0.2) is 0 Å². The lowest BCUT2D eigenvalue weighted by Gasteiger charge is -2.11. The van der Waals surface area contributed by atoms with Crippen molar-refractivity contribution < 1.29 is 4.74 Å². The molecule has 134 valence electrons. The number of allylic oxidation sites excluding steroid dienone is 1. The number of hydrogen-bond acceptors (Lipinski definition) is 2. The summed E-state index contributed by atoms with van der Waals surface area (Å²) in [6.07, 6.45) is 1.87. The molecule has 0 saturated carbocycles. The molecule has 0 aromatic heterocycles. The number of nitrogens with zero attached hydrogens (tertiary/aromatic N) is 1. The number of benzene rings is 3. The van der Waals surface area contributed by atoms with Crippen molar-refractivity contribution in [1.29, 1.82) is 5.26 Å². The van der Waals surface area contributed by atoms with Gasteiger partial charge in [-0.2, -0.15) is 5.26 Å². The third-order valence-corrected chi connectivity index (χ3v) is 4.76. The average molecular weight is 418 g/mol. The van der Waals surface area contributed by atoms with Gasteiger partial charge < -0.3 is 4.74 Å². The minimum atomic E-state index is 0.481. The third-order valence-electron chi connectivity index (χ3n) is 4.27. The molecule has 3 rings (SSSR count). The van der Waals surface area contributed by atoms with Crippen molar-refractivity contribution in [1.82, 2.24) is 0 Å². The second-order valence-corrected chi connectivity index (χ2v) is 7.41. The Hall–Kier alpha value is -2.83. The zero-order chi connectivity index (χ0) is 19.2. The zero-order valence-electron chi connectivity index (χ0n) is 15.4. The number of aryl methyl sites for hydroxylation is 2. The van der Waals surface area contributed by atoms with E-state index in [1.54, 1.807) is 0 Å². The molecule has 0 aliphatic heterocycles. The summed E-state index contributed by atoms with van der Waals surface area (Å²) in [6, 6.07) is 24.4. The summed E-state index contributed by atoms with van der Waals surface area (Å²) in [5.41, 5.74) is 5.87. The lowest BCUT2D eigenvalue weighted by Crippen LogP contribution is -1.97. The van der Waals surface area contributed by atoms with Gasteiger partial charge >= 0.3 is 0 Å². The average Bonchev–Trinajstić information content (AvgIpc) is 2.67. The maximum atomic E-state index is 9.63. The van der Waals surface area contributed by atoms with Gasteiger partial charge in [-0.1, -0.05) is 75.6 Å². The maximum absolute atomic E-state index is 9.63. The highest BCUT2D eigenvalue weighted by Gasteiger charge is 2.07. The van der Waals surface area contributed by atoms with E-state index in [4.69, 9.17) is 4.74 Å². The molecular formula is C24H20BrNO. The highest BCUT2D eigenvalue weighted by atomic mass is 79.9. The highest BCUT2D eigenvalue weighted by Crippen LogP contribution is 2.28. The second-order valence-electron chi connectivity index (χ2n) is 6.49. The van der Waals surface area contributed by atoms with Crippen molar-refractivity contribution >= 4 is 27.6 Å². The van der Waals surface area contributed by atoms with Crippen molar-refractivity contribution in [2.24, 2.45) is 0 Å². The van der Waals surface area contributed by atoms with Crippen molar-refractivity contribution in [3.63, 3.8) is 0 Å². The van der Waals surface area contributed by atoms with Gasteiger partial charge in [0.15, 0.2) is 0 Å². The minimum absolute atomic E-state index is 0.481. The summed E-state index contributed by atoms with van der Waals surface area (Å²) in [5.74, 6) is 0.749. The van der Waals surface area contributed by atoms with E-state index >= 15 is 0 Å². The summed E-state index contributed by atoms with van der Waals surface area (Å²) in [7, 11) is 0. The lowest BCUT2D eigenvalue weighted by molar-refractivity contribution is 0.305. The fraction of sp³-hybridized carbons (Fsp3) is 0.125. The smallest absolute Gasteiger partial charge is 0.127 e. The van der Waals surface area contributed by atoms with Crippen LogP contribution in [0.1, 0.15) is 27.8 Å². The highest BCUT2D eigenvalue weighted by molar-refractivity contribution is 9.10. The van der Waals surface area contributed by atoms with Gasteiger partial charge in [-0.3, -0.25) is 0 Å². The largest absolute Gasteiger partial charge is 0.488 e. The Bertz CT molecular complexity index is 996. The molecule has 0 fully saturated rings. The van der Waals surface area contributed by atoms with E-state index in [9.17, 15) is 5.26 Å². The van der Waals surface area contributed by atoms with Gasteiger partial charge in [-0.05, 0) is 49.2 Å². The normalized spacial score (nSPS) is 11.1. The first-order valence-electron chi connectivity index (χ1n) is 8.72. The molecule has 0 heterocycles. The van der Waals surface area contributed by atoms with Crippen molar-refractivity contribution in [3.8, 4) is 11.8 Å². The molecule has 0 N–H and O–H groups in total. The Morgan fingerprint density at radius 2 is 1.59 bits per heavy atom. The van der Waals surface area contributed by atoms with Crippen molar-refractivity contribution in [2.75, 3.05) is 0 Å². The summed E-state index contributed by atoms with van der Waals surface area (Å²) in [5, 5.41) is 9.63. The van der Waals surface area contributed by atoms with Crippen LogP contribution in [0.2, 0.25) is 0 Å². The van der Waals surface area contributed by atoms with Crippen LogP contribution >= 0.6 is 15.9 Å². The van der Waals surface area contributed by atoms with E-state index in [0.717, 1.165) is 26.9 Å². The van der Waals surface area contributed by atoms with Gasteiger partial charge in [-0.15, -0.1) is 0 Å². The molecule has 0 bridgehead atoms. The van der Waals surface area contributed by atoms with Crippen LogP contribution in [0.15, 0.2) is 71.2 Å². The van der Waals surface area contributed by atoms with Crippen molar-refractivity contribution in [2.45, 2.75) is 20.5 Å². The van der Waals surface area contributed by atoms with E-state index < -0.39 is 0 Å². The van der Waals surface area contributed by atoms with E-state index in [1.165, 1.54) is 11.1 Å². The first-order chi connectivity index (χ1) is 13.0. The van der Waals surface area contributed by atoms with Crippen LogP contribution < -0.4 is 4.74 Å². The molecule has 0 amide bonds. The van der Waals surface area contributed by atoms with Crippen LogP contribution in [0.25, 0.3) is 11.6 Å². The van der Waals surface area contributed by atoms with Crippen LogP contribution in [0, 0.1) is 25.2 Å². The SMILES string of the molecule is Cc1ccc(COc2ccc(Br)cc2/C=C(\C#N)c2ccc(C)cc2)cc1. The zero-order valence-corrected chi connectivity index (χ0v) is 17.0. The number of ether oxygens (including phenoxy) is 1. The van der Waals surface area contributed by atoms with E-state index in [2.05, 4.69) is 53.2 Å². The predicted molar refractivity (Wildman–Crippen MR) is 114 cm³/mol. The molecule has 0 atom stereocenters. The van der Waals surface area contributed by atoms with Gasteiger partial charge in [0, 0.05) is 10.0 Å². The summed E-state index contributed by atoms with van der Waals surface area (Å²) < 4.78 is 6.99. The lowest BCUT2D eigenvalue weighted by atomic mass is 10.0.